The van der Waals surface area contributed by atoms with Gasteiger partial charge in [0.05, 0.1) is 6.26 Å². The SMILES string of the molecule is CCOCCCN=C(NCCc1ccco1)NC1CCN(C(=O)C(C)C)CC1.I. The van der Waals surface area contributed by atoms with E-state index in [4.69, 9.17) is 14.1 Å². The number of furan rings is 1. The first kappa shape index (κ1) is 25.7. The Balaban J connectivity index is 0.00000420. The van der Waals surface area contributed by atoms with Gasteiger partial charge >= 0.3 is 0 Å². The van der Waals surface area contributed by atoms with Gasteiger partial charge in [-0.25, -0.2) is 0 Å². The van der Waals surface area contributed by atoms with Crippen LogP contribution in [0.2, 0.25) is 0 Å². The molecule has 2 heterocycles. The van der Waals surface area contributed by atoms with Crippen LogP contribution in [0.1, 0.15) is 45.8 Å². The van der Waals surface area contributed by atoms with Crippen molar-refractivity contribution in [3.8, 4) is 0 Å². The molecule has 1 aromatic rings. The van der Waals surface area contributed by atoms with E-state index < -0.39 is 0 Å². The number of halogens is 1. The molecular formula is C21H37IN4O3. The molecule has 2 N–H and O–H groups in total. The van der Waals surface area contributed by atoms with E-state index in [0.717, 1.165) is 76.8 Å². The Hall–Kier alpha value is -1.29. The second-order valence-electron chi connectivity index (χ2n) is 7.44. The minimum atomic E-state index is 0. The van der Waals surface area contributed by atoms with Gasteiger partial charge in [-0.05, 0) is 38.3 Å². The first-order valence-electron chi connectivity index (χ1n) is 10.5. The fourth-order valence-corrected chi connectivity index (χ4v) is 3.22. The van der Waals surface area contributed by atoms with Crippen LogP contribution in [0.15, 0.2) is 27.8 Å². The lowest BCUT2D eigenvalue weighted by molar-refractivity contribution is -0.135. The number of nitrogens with zero attached hydrogens (tertiary/aromatic N) is 2. The van der Waals surface area contributed by atoms with Gasteiger partial charge in [0, 0.05) is 57.8 Å². The third-order valence-electron chi connectivity index (χ3n) is 4.81. The third kappa shape index (κ3) is 9.84. The molecule has 1 fully saturated rings. The maximum atomic E-state index is 12.2. The lowest BCUT2D eigenvalue weighted by Gasteiger charge is -2.34. The fourth-order valence-electron chi connectivity index (χ4n) is 3.22. The zero-order valence-electron chi connectivity index (χ0n) is 18.0. The Morgan fingerprint density at radius 3 is 2.76 bits per heavy atom. The Morgan fingerprint density at radius 1 is 1.38 bits per heavy atom. The molecule has 1 amide bonds. The summed E-state index contributed by atoms with van der Waals surface area (Å²) in [6, 6.07) is 4.22. The highest BCUT2D eigenvalue weighted by Gasteiger charge is 2.24. The summed E-state index contributed by atoms with van der Waals surface area (Å²) in [7, 11) is 0. The predicted molar refractivity (Wildman–Crippen MR) is 127 cm³/mol. The normalized spacial score (nSPS) is 15.3. The Bertz CT molecular complexity index is 585. The van der Waals surface area contributed by atoms with Gasteiger partial charge in [0.15, 0.2) is 5.96 Å². The number of ether oxygens (including phenoxy) is 1. The zero-order valence-corrected chi connectivity index (χ0v) is 20.3. The Labute approximate surface area is 192 Å². The molecule has 7 nitrogen and oxygen atoms in total. The molecule has 166 valence electrons. The molecule has 1 aliphatic rings. The highest BCUT2D eigenvalue weighted by atomic mass is 127. The highest BCUT2D eigenvalue weighted by Crippen LogP contribution is 2.13. The maximum Gasteiger partial charge on any atom is 0.225 e. The number of carbonyl (C=O) groups excluding carboxylic acids is 1. The molecule has 0 aromatic carbocycles. The number of amides is 1. The number of hydrogen-bond donors (Lipinski definition) is 2. The van der Waals surface area contributed by atoms with Crippen molar-refractivity contribution in [2.45, 2.75) is 52.5 Å². The summed E-state index contributed by atoms with van der Waals surface area (Å²) in [5.74, 6) is 2.11. The van der Waals surface area contributed by atoms with E-state index in [9.17, 15) is 4.79 Å². The van der Waals surface area contributed by atoms with Crippen molar-refractivity contribution in [3.63, 3.8) is 0 Å². The number of likely N-dealkylation sites (tertiary alicyclic amines) is 1. The maximum absolute atomic E-state index is 12.2. The minimum Gasteiger partial charge on any atom is -0.469 e. The average molecular weight is 520 g/mol. The second kappa shape index (κ2) is 14.7. The van der Waals surface area contributed by atoms with Crippen molar-refractivity contribution in [2.75, 3.05) is 39.4 Å². The molecule has 0 radical (unpaired) electrons. The van der Waals surface area contributed by atoms with Crippen LogP contribution < -0.4 is 10.6 Å². The van der Waals surface area contributed by atoms with Crippen LogP contribution in [-0.4, -0.2) is 62.2 Å². The number of guanidine groups is 1. The molecule has 1 aromatic heterocycles. The number of carbonyl (C=O) groups is 1. The first-order chi connectivity index (χ1) is 13.6. The summed E-state index contributed by atoms with van der Waals surface area (Å²) < 4.78 is 10.8. The number of piperidine rings is 1. The lowest BCUT2D eigenvalue weighted by Crippen LogP contribution is -2.50. The van der Waals surface area contributed by atoms with E-state index in [0.29, 0.717) is 6.04 Å². The molecule has 0 atom stereocenters. The molecule has 29 heavy (non-hydrogen) atoms. The van der Waals surface area contributed by atoms with Gasteiger partial charge in [0.2, 0.25) is 5.91 Å². The van der Waals surface area contributed by atoms with E-state index in [1.165, 1.54) is 0 Å². The van der Waals surface area contributed by atoms with Crippen LogP contribution in [-0.2, 0) is 16.0 Å². The standard InChI is InChI=1S/C21H36N4O3.HI/c1-4-27-15-6-11-22-21(23-12-8-19-7-5-16-28-19)24-18-9-13-25(14-10-18)20(26)17(2)3;/h5,7,16-18H,4,6,8-15H2,1-3H3,(H2,22,23,24);1H. The number of rotatable bonds is 10. The monoisotopic (exact) mass is 520 g/mol. The summed E-state index contributed by atoms with van der Waals surface area (Å²) in [4.78, 5) is 18.8. The molecule has 0 saturated carbocycles. The van der Waals surface area contributed by atoms with Gasteiger partial charge in [-0.2, -0.15) is 0 Å². The van der Waals surface area contributed by atoms with Crippen LogP contribution >= 0.6 is 24.0 Å². The van der Waals surface area contributed by atoms with Gasteiger partial charge in [-0.1, -0.05) is 13.8 Å². The summed E-state index contributed by atoms with van der Waals surface area (Å²) in [6.07, 6.45) is 5.29. The summed E-state index contributed by atoms with van der Waals surface area (Å²) in [5, 5.41) is 6.95. The van der Waals surface area contributed by atoms with Crippen molar-refractivity contribution < 1.29 is 13.9 Å². The van der Waals surface area contributed by atoms with E-state index in [1.54, 1.807) is 6.26 Å². The minimum absolute atomic E-state index is 0. The van der Waals surface area contributed by atoms with Gasteiger partial charge < -0.3 is 24.7 Å². The predicted octanol–water partition coefficient (Wildman–Crippen LogP) is 3.05. The largest absolute Gasteiger partial charge is 0.469 e. The lowest BCUT2D eigenvalue weighted by atomic mass is 10.0. The van der Waals surface area contributed by atoms with E-state index >= 15 is 0 Å². The summed E-state index contributed by atoms with van der Waals surface area (Å²) >= 11 is 0. The molecular weight excluding hydrogens is 483 g/mol. The molecule has 1 saturated heterocycles. The van der Waals surface area contributed by atoms with Crippen LogP contribution in [0, 0.1) is 5.92 Å². The quantitative estimate of drug-likeness (QED) is 0.215. The van der Waals surface area contributed by atoms with Crippen molar-refractivity contribution in [1.29, 1.82) is 0 Å². The number of hydrogen-bond acceptors (Lipinski definition) is 4. The van der Waals surface area contributed by atoms with Crippen LogP contribution in [0.5, 0.6) is 0 Å². The van der Waals surface area contributed by atoms with Crippen molar-refractivity contribution in [3.05, 3.63) is 24.2 Å². The van der Waals surface area contributed by atoms with Crippen molar-refractivity contribution in [2.24, 2.45) is 10.9 Å². The van der Waals surface area contributed by atoms with Gasteiger partial charge in [0.25, 0.3) is 0 Å². The van der Waals surface area contributed by atoms with Crippen LogP contribution in [0.25, 0.3) is 0 Å². The van der Waals surface area contributed by atoms with Gasteiger partial charge in [-0.15, -0.1) is 24.0 Å². The molecule has 0 unspecified atom stereocenters. The van der Waals surface area contributed by atoms with E-state index in [-0.39, 0.29) is 35.8 Å². The zero-order chi connectivity index (χ0) is 20.2. The Morgan fingerprint density at radius 2 is 2.14 bits per heavy atom. The number of nitrogens with one attached hydrogen (secondary N) is 2. The van der Waals surface area contributed by atoms with E-state index in [2.05, 4.69) is 10.6 Å². The second-order valence-corrected chi connectivity index (χ2v) is 7.44. The topological polar surface area (TPSA) is 79.1 Å². The van der Waals surface area contributed by atoms with Crippen molar-refractivity contribution in [1.82, 2.24) is 15.5 Å². The average Bonchev–Trinajstić information content (AvgIpc) is 3.21. The molecule has 0 bridgehead atoms. The Kier molecular flexibility index (Phi) is 13.0. The molecule has 2 rings (SSSR count). The molecule has 0 spiro atoms. The van der Waals surface area contributed by atoms with Gasteiger partial charge in [0.1, 0.15) is 5.76 Å². The fraction of sp³-hybridized carbons (Fsp3) is 0.714. The summed E-state index contributed by atoms with van der Waals surface area (Å²) in [5.41, 5.74) is 0. The van der Waals surface area contributed by atoms with Crippen LogP contribution in [0.4, 0.5) is 0 Å². The van der Waals surface area contributed by atoms with Gasteiger partial charge in [-0.3, -0.25) is 9.79 Å². The molecule has 8 heteroatoms. The smallest absolute Gasteiger partial charge is 0.225 e. The molecule has 1 aliphatic heterocycles. The number of aliphatic imine (C=N–C) groups is 1. The third-order valence-corrected chi connectivity index (χ3v) is 4.81. The first-order valence-corrected chi connectivity index (χ1v) is 10.5. The molecule has 0 aliphatic carbocycles. The highest BCUT2D eigenvalue weighted by molar-refractivity contribution is 14.0. The van der Waals surface area contributed by atoms with Crippen LogP contribution in [0.3, 0.4) is 0 Å². The summed E-state index contributed by atoms with van der Waals surface area (Å²) in [6.45, 7) is 10.5. The van der Waals surface area contributed by atoms with E-state index in [1.807, 2.05) is 37.8 Å². The van der Waals surface area contributed by atoms with Crippen molar-refractivity contribution >= 4 is 35.8 Å².